The van der Waals surface area contributed by atoms with Crippen molar-refractivity contribution in [2.45, 2.75) is 18.2 Å². The molecule has 2 fully saturated rings. The van der Waals surface area contributed by atoms with Crippen molar-refractivity contribution < 1.29 is 18.1 Å². The Balaban J connectivity index is 1.76. The van der Waals surface area contributed by atoms with E-state index in [-0.39, 0.29) is 21.0 Å². The molecular formula is C16H22BrN3O5S. The number of aryl methyl sites for hydroxylation is 1. The maximum atomic E-state index is 13.0. The average molecular weight is 448 g/mol. The van der Waals surface area contributed by atoms with E-state index in [4.69, 9.17) is 4.74 Å². The molecule has 0 bridgehead atoms. The molecule has 2 aliphatic heterocycles. The lowest BCUT2D eigenvalue weighted by molar-refractivity contribution is -0.385. The first-order valence-electron chi connectivity index (χ1n) is 8.54. The first-order chi connectivity index (χ1) is 12.3. The predicted octanol–water partition coefficient (Wildman–Crippen LogP) is 2.01. The molecular weight excluding hydrogens is 426 g/mol. The Bertz CT molecular complexity index is 795. The summed E-state index contributed by atoms with van der Waals surface area (Å²) in [7, 11) is -3.75. The fraction of sp³-hybridized carbons (Fsp3) is 0.625. The number of ether oxygens (including phenoxy) is 1. The number of hydrogen-bond acceptors (Lipinski definition) is 6. The van der Waals surface area contributed by atoms with Gasteiger partial charge in [-0.2, -0.15) is 4.31 Å². The maximum Gasteiger partial charge on any atom is 0.284 e. The second kappa shape index (κ2) is 7.89. The second-order valence-electron chi connectivity index (χ2n) is 6.76. The highest BCUT2D eigenvalue weighted by atomic mass is 79.9. The van der Waals surface area contributed by atoms with Gasteiger partial charge >= 0.3 is 0 Å². The van der Waals surface area contributed by atoms with E-state index in [1.807, 2.05) is 0 Å². The van der Waals surface area contributed by atoms with E-state index in [0.29, 0.717) is 18.7 Å². The number of nitro groups is 1. The number of nitrogens with zero attached hydrogens (tertiary/aromatic N) is 3. The van der Waals surface area contributed by atoms with Crippen LogP contribution in [0.15, 0.2) is 21.5 Å². The van der Waals surface area contributed by atoms with Gasteiger partial charge in [-0.25, -0.2) is 8.42 Å². The maximum absolute atomic E-state index is 13.0. The summed E-state index contributed by atoms with van der Waals surface area (Å²) >= 11 is 3.13. The zero-order chi connectivity index (χ0) is 18.9. The summed E-state index contributed by atoms with van der Waals surface area (Å²) in [5.41, 5.74) is 0.261. The van der Waals surface area contributed by atoms with E-state index in [1.165, 1.54) is 10.4 Å². The van der Waals surface area contributed by atoms with Gasteiger partial charge in [0.2, 0.25) is 10.0 Å². The topological polar surface area (TPSA) is 93.0 Å². The molecule has 0 spiro atoms. The highest BCUT2D eigenvalue weighted by Crippen LogP contribution is 2.33. The lowest BCUT2D eigenvalue weighted by Crippen LogP contribution is -2.40. The van der Waals surface area contributed by atoms with Gasteiger partial charge in [0.1, 0.15) is 0 Å². The third kappa shape index (κ3) is 4.09. The number of sulfonamides is 1. The fourth-order valence-corrected chi connectivity index (χ4v) is 5.87. The minimum atomic E-state index is -3.75. The Morgan fingerprint density at radius 2 is 2.00 bits per heavy atom. The van der Waals surface area contributed by atoms with Crippen molar-refractivity contribution >= 4 is 31.6 Å². The molecule has 2 aliphatic rings. The number of halogens is 1. The lowest BCUT2D eigenvalue weighted by atomic mass is 10.1. The van der Waals surface area contributed by atoms with Gasteiger partial charge in [0, 0.05) is 38.8 Å². The molecule has 2 heterocycles. The van der Waals surface area contributed by atoms with E-state index < -0.39 is 14.9 Å². The van der Waals surface area contributed by atoms with Gasteiger partial charge in [-0.1, -0.05) is 0 Å². The van der Waals surface area contributed by atoms with Gasteiger partial charge in [0.05, 0.1) is 27.5 Å². The van der Waals surface area contributed by atoms with Crippen molar-refractivity contribution in [2.24, 2.45) is 5.92 Å². The van der Waals surface area contributed by atoms with E-state index >= 15 is 0 Å². The Hall–Kier alpha value is -1.07. The van der Waals surface area contributed by atoms with Crippen LogP contribution in [0.25, 0.3) is 0 Å². The minimum absolute atomic E-state index is 0.0134. The summed E-state index contributed by atoms with van der Waals surface area (Å²) in [6.07, 6.45) is 0.800. The molecule has 3 rings (SSSR count). The molecule has 0 saturated carbocycles. The molecule has 0 aromatic heterocycles. The van der Waals surface area contributed by atoms with Crippen molar-refractivity contribution in [3.63, 3.8) is 0 Å². The van der Waals surface area contributed by atoms with Crippen molar-refractivity contribution in [1.29, 1.82) is 0 Å². The number of rotatable bonds is 5. The van der Waals surface area contributed by atoms with Crippen LogP contribution in [0.2, 0.25) is 0 Å². The van der Waals surface area contributed by atoms with E-state index in [9.17, 15) is 18.5 Å². The van der Waals surface area contributed by atoms with Crippen LogP contribution < -0.4 is 0 Å². The average Bonchev–Trinajstić information content (AvgIpc) is 3.04. The molecule has 0 aliphatic carbocycles. The number of morpholine rings is 1. The highest BCUT2D eigenvalue weighted by Gasteiger charge is 2.35. The lowest BCUT2D eigenvalue weighted by Gasteiger charge is -2.29. The van der Waals surface area contributed by atoms with Gasteiger partial charge in [-0.15, -0.1) is 0 Å². The van der Waals surface area contributed by atoms with Crippen LogP contribution in [-0.4, -0.2) is 68.5 Å². The van der Waals surface area contributed by atoms with Crippen molar-refractivity contribution in [2.75, 3.05) is 45.9 Å². The zero-order valence-corrected chi connectivity index (χ0v) is 17.0. The monoisotopic (exact) mass is 447 g/mol. The molecule has 1 atom stereocenters. The molecule has 0 amide bonds. The van der Waals surface area contributed by atoms with Crippen LogP contribution in [0, 0.1) is 23.0 Å². The summed E-state index contributed by atoms with van der Waals surface area (Å²) < 4.78 is 33.2. The summed E-state index contributed by atoms with van der Waals surface area (Å²) in [5.74, 6) is 0.272. The van der Waals surface area contributed by atoms with E-state index in [2.05, 4.69) is 20.8 Å². The molecule has 0 unspecified atom stereocenters. The van der Waals surface area contributed by atoms with E-state index in [1.54, 1.807) is 6.92 Å². The highest BCUT2D eigenvalue weighted by molar-refractivity contribution is 9.10. The Labute approximate surface area is 161 Å². The zero-order valence-electron chi connectivity index (χ0n) is 14.6. The Kier molecular flexibility index (Phi) is 5.97. The summed E-state index contributed by atoms with van der Waals surface area (Å²) in [5, 5.41) is 11.2. The normalized spacial score (nSPS) is 22.6. The van der Waals surface area contributed by atoms with Crippen LogP contribution in [0.4, 0.5) is 5.69 Å². The van der Waals surface area contributed by atoms with Crippen molar-refractivity contribution in [3.05, 3.63) is 32.3 Å². The second-order valence-corrected chi connectivity index (χ2v) is 9.52. The molecule has 1 aromatic carbocycles. The number of nitro benzene ring substituents is 1. The molecule has 10 heteroatoms. The van der Waals surface area contributed by atoms with Crippen LogP contribution in [0.5, 0.6) is 0 Å². The van der Waals surface area contributed by atoms with Gasteiger partial charge in [0.15, 0.2) is 0 Å². The first kappa shape index (κ1) is 19.7. The van der Waals surface area contributed by atoms with Gasteiger partial charge < -0.3 is 4.74 Å². The minimum Gasteiger partial charge on any atom is -0.379 e. The first-order valence-corrected chi connectivity index (χ1v) is 10.8. The summed E-state index contributed by atoms with van der Waals surface area (Å²) in [4.78, 5) is 12.9. The molecule has 8 nitrogen and oxygen atoms in total. The number of benzene rings is 1. The van der Waals surface area contributed by atoms with E-state index in [0.717, 1.165) is 45.3 Å². The molecule has 2 saturated heterocycles. The van der Waals surface area contributed by atoms with Crippen LogP contribution in [0.1, 0.15) is 12.0 Å². The third-order valence-electron chi connectivity index (χ3n) is 4.93. The quantitative estimate of drug-likeness (QED) is 0.506. The SMILES string of the molecule is Cc1cc(Br)c([N+](=O)[O-])cc1S(=O)(=O)N1CC[C@@H](CN2CCOCC2)C1. The molecule has 0 radical (unpaired) electrons. The van der Waals surface area contributed by atoms with Gasteiger partial charge in [-0.3, -0.25) is 15.0 Å². The Morgan fingerprint density at radius 3 is 2.65 bits per heavy atom. The van der Waals surface area contributed by atoms with Gasteiger partial charge in [0.25, 0.3) is 5.69 Å². The summed E-state index contributed by atoms with van der Waals surface area (Å²) in [6.45, 7) is 6.59. The number of hydrogen-bond donors (Lipinski definition) is 0. The standard InChI is InChI=1S/C16H22BrN3O5S/c1-12-8-14(17)15(20(21)22)9-16(12)26(23,24)19-3-2-13(11-19)10-18-4-6-25-7-5-18/h8-9,13H,2-7,10-11H2,1H3/t13-/m0/s1. The predicted molar refractivity (Wildman–Crippen MR) is 99.7 cm³/mol. The van der Waals surface area contributed by atoms with Crippen molar-refractivity contribution in [1.82, 2.24) is 9.21 Å². The largest absolute Gasteiger partial charge is 0.379 e. The molecule has 26 heavy (non-hydrogen) atoms. The summed E-state index contributed by atoms with van der Waals surface area (Å²) in [6, 6.07) is 2.65. The van der Waals surface area contributed by atoms with Crippen LogP contribution in [-0.2, 0) is 14.8 Å². The van der Waals surface area contributed by atoms with Crippen LogP contribution >= 0.6 is 15.9 Å². The third-order valence-corrected chi connectivity index (χ3v) is 7.57. The smallest absolute Gasteiger partial charge is 0.284 e. The molecule has 1 aromatic rings. The van der Waals surface area contributed by atoms with Crippen molar-refractivity contribution in [3.8, 4) is 0 Å². The Morgan fingerprint density at radius 1 is 1.31 bits per heavy atom. The van der Waals surface area contributed by atoms with Crippen LogP contribution in [0.3, 0.4) is 0 Å². The van der Waals surface area contributed by atoms with Gasteiger partial charge in [-0.05, 0) is 46.8 Å². The fourth-order valence-electron chi connectivity index (χ4n) is 3.51. The molecule has 144 valence electrons. The molecule has 0 N–H and O–H groups in total.